The lowest BCUT2D eigenvalue weighted by atomic mass is 10.3. The van der Waals surface area contributed by atoms with Gasteiger partial charge in [0, 0.05) is 19.6 Å². The maximum atomic E-state index is 4.59. The lowest BCUT2D eigenvalue weighted by molar-refractivity contribution is 0.308. The van der Waals surface area contributed by atoms with Gasteiger partial charge >= 0.3 is 0 Å². The quantitative estimate of drug-likeness (QED) is 0.567. The van der Waals surface area contributed by atoms with E-state index >= 15 is 0 Å². The zero-order valence-electron chi connectivity index (χ0n) is 12.3. The molecular formula is C14H26N4S. The zero-order valence-corrected chi connectivity index (χ0v) is 13.1. The van der Waals surface area contributed by atoms with E-state index in [4.69, 9.17) is 0 Å². The molecule has 5 heteroatoms. The van der Waals surface area contributed by atoms with Crippen LogP contribution < -0.4 is 10.6 Å². The van der Waals surface area contributed by atoms with Gasteiger partial charge in [-0.1, -0.05) is 13.8 Å². The lowest BCUT2D eigenvalue weighted by Gasteiger charge is -2.19. The third-order valence-corrected chi connectivity index (χ3v) is 3.69. The van der Waals surface area contributed by atoms with Crippen LogP contribution in [0.2, 0.25) is 0 Å². The summed E-state index contributed by atoms with van der Waals surface area (Å²) < 4.78 is 0. The van der Waals surface area contributed by atoms with Gasteiger partial charge < -0.3 is 15.5 Å². The second-order valence-electron chi connectivity index (χ2n) is 4.28. The molecule has 2 N–H and O–H groups in total. The van der Waals surface area contributed by atoms with Crippen molar-refractivity contribution in [3.05, 3.63) is 22.4 Å². The van der Waals surface area contributed by atoms with E-state index in [1.54, 1.807) is 11.3 Å². The molecule has 0 aliphatic rings. The van der Waals surface area contributed by atoms with E-state index in [1.165, 1.54) is 5.56 Å². The molecule has 0 aliphatic carbocycles. The SMILES string of the molecule is CCNC(=NCc1ccsc1)NCCN(CC)CC. The van der Waals surface area contributed by atoms with Crippen molar-refractivity contribution in [2.24, 2.45) is 4.99 Å². The van der Waals surface area contributed by atoms with Crippen molar-refractivity contribution in [3.63, 3.8) is 0 Å². The van der Waals surface area contributed by atoms with Crippen LogP contribution in [-0.4, -0.2) is 43.6 Å². The Morgan fingerprint density at radius 3 is 2.63 bits per heavy atom. The average molecular weight is 282 g/mol. The number of likely N-dealkylation sites (N-methyl/N-ethyl adjacent to an activating group) is 1. The van der Waals surface area contributed by atoms with Gasteiger partial charge in [0.15, 0.2) is 5.96 Å². The Morgan fingerprint density at radius 1 is 1.26 bits per heavy atom. The summed E-state index contributed by atoms with van der Waals surface area (Å²) in [6, 6.07) is 2.12. The molecule has 0 radical (unpaired) electrons. The summed E-state index contributed by atoms with van der Waals surface area (Å²) in [5.41, 5.74) is 1.27. The van der Waals surface area contributed by atoms with Crippen LogP contribution in [0, 0.1) is 0 Å². The van der Waals surface area contributed by atoms with Crippen molar-refractivity contribution in [1.82, 2.24) is 15.5 Å². The van der Waals surface area contributed by atoms with Crippen LogP contribution >= 0.6 is 11.3 Å². The predicted octanol–water partition coefficient (Wildman–Crippen LogP) is 2.15. The first-order chi connectivity index (χ1) is 9.30. The number of nitrogens with zero attached hydrogens (tertiary/aromatic N) is 2. The Balaban J connectivity index is 2.37. The first-order valence-corrected chi connectivity index (χ1v) is 8.00. The second-order valence-corrected chi connectivity index (χ2v) is 5.06. The van der Waals surface area contributed by atoms with Crippen LogP contribution in [0.5, 0.6) is 0 Å². The summed E-state index contributed by atoms with van der Waals surface area (Å²) >= 11 is 1.72. The molecule has 1 rings (SSSR count). The number of guanidine groups is 1. The molecule has 1 aromatic rings. The van der Waals surface area contributed by atoms with Gasteiger partial charge in [0.1, 0.15) is 0 Å². The van der Waals surface area contributed by atoms with Crippen LogP contribution in [0.4, 0.5) is 0 Å². The van der Waals surface area contributed by atoms with Gasteiger partial charge in [0.2, 0.25) is 0 Å². The summed E-state index contributed by atoms with van der Waals surface area (Å²) in [6.07, 6.45) is 0. The van der Waals surface area contributed by atoms with Crippen molar-refractivity contribution < 1.29 is 0 Å². The van der Waals surface area contributed by atoms with E-state index in [1.807, 2.05) is 0 Å². The minimum Gasteiger partial charge on any atom is -0.357 e. The highest BCUT2D eigenvalue weighted by molar-refractivity contribution is 7.07. The molecule has 1 aromatic heterocycles. The molecule has 19 heavy (non-hydrogen) atoms. The van der Waals surface area contributed by atoms with Gasteiger partial charge in [0.25, 0.3) is 0 Å². The molecule has 4 nitrogen and oxygen atoms in total. The molecule has 0 saturated heterocycles. The first kappa shape index (κ1) is 16.0. The molecule has 0 aliphatic heterocycles. The third kappa shape index (κ3) is 6.59. The Hall–Kier alpha value is -1.07. The van der Waals surface area contributed by atoms with Crippen LogP contribution in [0.1, 0.15) is 26.3 Å². The largest absolute Gasteiger partial charge is 0.357 e. The Morgan fingerprint density at radius 2 is 2.05 bits per heavy atom. The Kier molecular flexibility index (Phi) is 8.25. The summed E-state index contributed by atoms with van der Waals surface area (Å²) in [4.78, 5) is 6.99. The maximum absolute atomic E-state index is 4.59. The van der Waals surface area contributed by atoms with E-state index in [2.05, 4.69) is 58.1 Å². The molecule has 0 amide bonds. The molecule has 0 saturated carbocycles. The molecule has 0 fully saturated rings. The standard InChI is InChI=1S/C14H26N4S/c1-4-15-14(16-8-9-18(5-2)6-3)17-11-13-7-10-19-12-13/h7,10,12H,4-6,8-9,11H2,1-3H3,(H2,15,16,17). The highest BCUT2D eigenvalue weighted by atomic mass is 32.1. The fraction of sp³-hybridized carbons (Fsp3) is 0.643. The van der Waals surface area contributed by atoms with E-state index in [0.717, 1.165) is 45.2 Å². The highest BCUT2D eigenvalue weighted by Gasteiger charge is 2.00. The molecule has 108 valence electrons. The zero-order chi connectivity index (χ0) is 13.9. The normalized spacial score (nSPS) is 11.9. The van der Waals surface area contributed by atoms with Crippen LogP contribution in [-0.2, 0) is 6.54 Å². The van der Waals surface area contributed by atoms with E-state index in [9.17, 15) is 0 Å². The van der Waals surface area contributed by atoms with Gasteiger partial charge in [-0.05, 0) is 42.4 Å². The van der Waals surface area contributed by atoms with Crippen molar-refractivity contribution >= 4 is 17.3 Å². The summed E-state index contributed by atoms with van der Waals surface area (Å²) in [5.74, 6) is 0.904. The Labute approximate surface area is 120 Å². The molecule has 0 bridgehead atoms. The van der Waals surface area contributed by atoms with Gasteiger partial charge in [0.05, 0.1) is 6.54 Å². The topological polar surface area (TPSA) is 39.7 Å². The van der Waals surface area contributed by atoms with E-state index in [0.29, 0.717) is 0 Å². The third-order valence-electron chi connectivity index (χ3n) is 2.96. The summed E-state index contributed by atoms with van der Waals surface area (Å²) in [7, 11) is 0. The Bertz CT molecular complexity index is 344. The minimum absolute atomic E-state index is 0.740. The highest BCUT2D eigenvalue weighted by Crippen LogP contribution is 2.06. The molecule has 0 unspecified atom stereocenters. The molecular weight excluding hydrogens is 256 g/mol. The van der Waals surface area contributed by atoms with Crippen molar-refractivity contribution in [1.29, 1.82) is 0 Å². The summed E-state index contributed by atoms with van der Waals surface area (Å²) in [5, 5.41) is 10.9. The number of aliphatic imine (C=N–C) groups is 1. The second kappa shape index (κ2) is 9.81. The minimum atomic E-state index is 0.740. The van der Waals surface area contributed by atoms with Gasteiger partial charge in [-0.15, -0.1) is 0 Å². The number of thiophene rings is 1. The molecule has 1 heterocycles. The average Bonchev–Trinajstić information content (AvgIpc) is 2.94. The van der Waals surface area contributed by atoms with Gasteiger partial charge in [-0.25, -0.2) is 4.99 Å². The molecule has 0 spiro atoms. The smallest absolute Gasteiger partial charge is 0.191 e. The summed E-state index contributed by atoms with van der Waals surface area (Å²) in [6.45, 7) is 12.3. The van der Waals surface area contributed by atoms with Crippen molar-refractivity contribution in [2.45, 2.75) is 27.3 Å². The van der Waals surface area contributed by atoms with Crippen LogP contribution in [0.15, 0.2) is 21.8 Å². The number of hydrogen-bond donors (Lipinski definition) is 2. The van der Waals surface area contributed by atoms with Crippen molar-refractivity contribution in [2.75, 3.05) is 32.7 Å². The fourth-order valence-electron chi connectivity index (χ4n) is 1.77. The van der Waals surface area contributed by atoms with Crippen LogP contribution in [0.25, 0.3) is 0 Å². The first-order valence-electron chi connectivity index (χ1n) is 7.05. The fourth-order valence-corrected chi connectivity index (χ4v) is 2.43. The number of nitrogens with one attached hydrogen (secondary N) is 2. The molecule has 0 aromatic carbocycles. The van der Waals surface area contributed by atoms with Gasteiger partial charge in [-0.3, -0.25) is 0 Å². The van der Waals surface area contributed by atoms with Crippen LogP contribution in [0.3, 0.4) is 0 Å². The molecule has 0 atom stereocenters. The van der Waals surface area contributed by atoms with Crippen molar-refractivity contribution in [3.8, 4) is 0 Å². The van der Waals surface area contributed by atoms with Gasteiger partial charge in [-0.2, -0.15) is 11.3 Å². The monoisotopic (exact) mass is 282 g/mol. The van der Waals surface area contributed by atoms with E-state index in [-0.39, 0.29) is 0 Å². The number of hydrogen-bond acceptors (Lipinski definition) is 3. The number of rotatable bonds is 8. The lowest BCUT2D eigenvalue weighted by Crippen LogP contribution is -2.41. The van der Waals surface area contributed by atoms with E-state index < -0.39 is 0 Å². The predicted molar refractivity (Wildman–Crippen MR) is 84.9 cm³/mol. The maximum Gasteiger partial charge on any atom is 0.191 e.